The largest absolute Gasteiger partial charge is 0.382 e. The van der Waals surface area contributed by atoms with Crippen LogP contribution in [-0.4, -0.2) is 27.5 Å². The van der Waals surface area contributed by atoms with Crippen LogP contribution in [0.3, 0.4) is 0 Å². The molecule has 2 aliphatic rings. The molecular formula is C17H24N4O. The molecule has 1 aliphatic heterocycles. The van der Waals surface area contributed by atoms with Crippen LogP contribution in [0.1, 0.15) is 39.0 Å². The van der Waals surface area contributed by atoms with Crippen molar-refractivity contribution in [2.75, 3.05) is 12.3 Å². The topological polar surface area (TPSA) is 72.1 Å². The lowest BCUT2D eigenvalue weighted by Gasteiger charge is -2.28. The summed E-state index contributed by atoms with van der Waals surface area (Å²) in [4.78, 5) is 14.8. The summed E-state index contributed by atoms with van der Waals surface area (Å²) in [5.41, 5.74) is 9.05. The summed E-state index contributed by atoms with van der Waals surface area (Å²) in [6.45, 7) is 9.87. The van der Waals surface area contributed by atoms with E-state index < -0.39 is 0 Å². The van der Waals surface area contributed by atoms with E-state index in [4.69, 9.17) is 5.73 Å². The average Bonchev–Trinajstić information content (AvgIpc) is 2.97. The standard InChI is InChI=1S/C17H24N4O/c1-10(2)7-12-15(17(12,3)4)16(22)21-6-5-13-11(9-21)8-14(18)20-19-13/h7-8,12,15H,5-6,9H2,1-4H3,(H2,18,20). The number of nitrogen functional groups attached to an aromatic ring is 1. The number of rotatable bonds is 2. The van der Waals surface area contributed by atoms with Crippen molar-refractivity contribution in [3.8, 4) is 0 Å². The van der Waals surface area contributed by atoms with Gasteiger partial charge in [0.15, 0.2) is 0 Å². The zero-order valence-corrected chi connectivity index (χ0v) is 13.8. The maximum Gasteiger partial charge on any atom is 0.227 e. The maximum atomic E-state index is 12.9. The number of amides is 1. The van der Waals surface area contributed by atoms with Gasteiger partial charge in [-0.3, -0.25) is 4.79 Å². The Morgan fingerprint density at radius 3 is 2.82 bits per heavy atom. The summed E-state index contributed by atoms with van der Waals surface area (Å²) in [5, 5.41) is 8.03. The van der Waals surface area contributed by atoms with Gasteiger partial charge in [0, 0.05) is 19.5 Å². The second-order valence-corrected chi connectivity index (χ2v) is 7.32. The van der Waals surface area contributed by atoms with E-state index in [1.165, 1.54) is 5.57 Å². The molecule has 5 nitrogen and oxygen atoms in total. The number of aromatic nitrogens is 2. The van der Waals surface area contributed by atoms with Crippen LogP contribution in [0.25, 0.3) is 0 Å². The van der Waals surface area contributed by atoms with Crippen LogP contribution in [0.4, 0.5) is 5.82 Å². The second kappa shape index (κ2) is 5.07. The van der Waals surface area contributed by atoms with E-state index >= 15 is 0 Å². The molecule has 1 aliphatic carbocycles. The molecule has 1 aromatic heterocycles. The van der Waals surface area contributed by atoms with Crippen molar-refractivity contribution in [2.45, 2.75) is 40.7 Å². The number of anilines is 1. The molecule has 1 fully saturated rings. The number of nitrogens with two attached hydrogens (primary N) is 1. The van der Waals surface area contributed by atoms with Gasteiger partial charge in [0.05, 0.1) is 11.6 Å². The Labute approximate surface area is 131 Å². The Morgan fingerprint density at radius 2 is 2.14 bits per heavy atom. The Balaban J connectivity index is 1.76. The van der Waals surface area contributed by atoms with Crippen LogP contribution >= 0.6 is 0 Å². The third-order valence-electron chi connectivity index (χ3n) is 4.96. The lowest BCUT2D eigenvalue weighted by atomic mass is 10.0. The van der Waals surface area contributed by atoms with Gasteiger partial charge >= 0.3 is 0 Å². The van der Waals surface area contributed by atoms with Crippen molar-refractivity contribution < 1.29 is 4.79 Å². The van der Waals surface area contributed by atoms with Crippen LogP contribution in [0.2, 0.25) is 0 Å². The highest BCUT2D eigenvalue weighted by atomic mass is 16.2. The minimum atomic E-state index is 0.0597. The molecule has 2 unspecified atom stereocenters. The van der Waals surface area contributed by atoms with Gasteiger partial charge in [-0.25, -0.2) is 0 Å². The Morgan fingerprint density at radius 1 is 1.41 bits per heavy atom. The highest BCUT2D eigenvalue weighted by Crippen LogP contribution is 2.60. The molecule has 0 saturated heterocycles. The van der Waals surface area contributed by atoms with Crippen LogP contribution < -0.4 is 5.73 Å². The number of fused-ring (bicyclic) bond motifs is 1. The minimum absolute atomic E-state index is 0.0597. The van der Waals surface area contributed by atoms with Crippen LogP contribution in [0, 0.1) is 17.3 Å². The maximum absolute atomic E-state index is 12.9. The van der Waals surface area contributed by atoms with Gasteiger partial charge in [0.2, 0.25) is 5.91 Å². The lowest BCUT2D eigenvalue weighted by molar-refractivity contribution is -0.134. The SMILES string of the molecule is CC(C)=CC1C(C(=O)N2CCc3nnc(N)cc3C2)C1(C)C. The molecular weight excluding hydrogens is 276 g/mol. The number of hydrogen-bond acceptors (Lipinski definition) is 4. The molecule has 118 valence electrons. The van der Waals surface area contributed by atoms with E-state index in [1.54, 1.807) is 0 Å². The predicted molar refractivity (Wildman–Crippen MR) is 85.8 cm³/mol. The molecule has 1 saturated carbocycles. The first-order valence-corrected chi connectivity index (χ1v) is 7.85. The summed E-state index contributed by atoms with van der Waals surface area (Å²) < 4.78 is 0. The molecule has 2 N–H and O–H groups in total. The van der Waals surface area contributed by atoms with Gasteiger partial charge in [-0.2, -0.15) is 5.10 Å². The van der Waals surface area contributed by atoms with Gasteiger partial charge < -0.3 is 10.6 Å². The molecule has 0 bridgehead atoms. The molecule has 1 aromatic rings. The first-order chi connectivity index (χ1) is 10.3. The van der Waals surface area contributed by atoms with E-state index in [-0.39, 0.29) is 17.2 Å². The Kier molecular flexibility index (Phi) is 3.46. The minimum Gasteiger partial charge on any atom is -0.382 e. The van der Waals surface area contributed by atoms with E-state index in [2.05, 4.69) is 44.0 Å². The van der Waals surface area contributed by atoms with Crippen LogP contribution in [0.5, 0.6) is 0 Å². The third kappa shape index (κ3) is 2.49. The first-order valence-electron chi connectivity index (χ1n) is 7.85. The Hall–Kier alpha value is -1.91. The molecule has 5 heteroatoms. The van der Waals surface area contributed by atoms with Crippen molar-refractivity contribution in [1.29, 1.82) is 0 Å². The smallest absolute Gasteiger partial charge is 0.227 e. The monoisotopic (exact) mass is 300 g/mol. The fourth-order valence-corrected chi connectivity index (χ4v) is 3.55. The molecule has 1 amide bonds. The van der Waals surface area contributed by atoms with Gasteiger partial charge in [0.1, 0.15) is 5.82 Å². The highest BCUT2D eigenvalue weighted by molar-refractivity contribution is 5.84. The first kappa shape index (κ1) is 15.0. The van der Waals surface area contributed by atoms with Crippen molar-refractivity contribution in [1.82, 2.24) is 15.1 Å². The summed E-state index contributed by atoms with van der Waals surface area (Å²) in [7, 11) is 0. The molecule has 0 aromatic carbocycles. The molecule has 0 spiro atoms. The molecule has 22 heavy (non-hydrogen) atoms. The lowest BCUT2D eigenvalue weighted by Crippen LogP contribution is -2.38. The highest BCUT2D eigenvalue weighted by Gasteiger charge is 2.61. The second-order valence-electron chi connectivity index (χ2n) is 7.32. The molecule has 0 radical (unpaired) electrons. The van der Waals surface area contributed by atoms with E-state index in [0.717, 1.165) is 24.2 Å². The van der Waals surface area contributed by atoms with Gasteiger partial charge in [-0.05, 0) is 36.8 Å². The number of hydrogen-bond donors (Lipinski definition) is 1. The van der Waals surface area contributed by atoms with Crippen molar-refractivity contribution in [2.24, 2.45) is 17.3 Å². The summed E-state index contributed by atoms with van der Waals surface area (Å²) >= 11 is 0. The quantitative estimate of drug-likeness (QED) is 0.850. The fourth-order valence-electron chi connectivity index (χ4n) is 3.55. The fraction of sp³-hybridized carbons (Fsp3) is 0.588. The van der Waals surface area contributed by atoms with E-state index in [1.807, 2.05) is 11.0 Å². The third-order valence-corrected chi connectivity index (χ3v) is 4.96. The zero-order valence-electron chi connectivity index (χ0n) is 13.8. The van der Waals surface area contributed by atoms with Gasteiger partial charge in [-0.15, -0.1) is 5.10 Å². The van der Waals surface area contributed by atoms with Gasteiger partial charge in [0.25, 0.3) is 0 Å². The van der Waals surface area contributed by atoms with Crippen molar-refractivity contribution in [3.63, 3.8) is 0 Å². The van der Waals surface area contributed by atoms with Crippen molar-refractivity contribution in [3.05, 3.63) is 29.0 Å². The van der Waals surface area contributed by atoms with E-state index in [0.29, 0.717) is 18.3 Å². The normalized spacial score (nSPS) is 25.4. The summed E-state index contributed by atoms with van der Waals surface area (Å²) in [6.07, 6.45) is 3.00. The summed E-state index contributed by atoms with van der Waals surface area (Å²) in [6, 6.07) is 1.84. The zero-order chi connectivity index (χ0) is 16.1. The van der Waals surface area contributed by atoms with Crippen molar-refractivity contribution >= 4 is 11.7 Å². The molecule has 2 atom stereocenters. The predicted octanol–water partition coefficient (Wildman–Crippen LogP) is 2.18. The van der Waals surface area contributed by atoms with Crippen LogP contribution in [0.15, 0.2) is 17.7 Å². The average molecular weight is 300 g/mol. The summed E-state index contributed by atoms with van der Waals surface area (Å²) in [5.74, 6) is 1.12. The number of carbonyl (C=O) groups is 1. The van der Waals surface area contributed by atoms with E-state index in [9.17, 15) is 4.79 Å². The van der Waals surface area contributed by atoms with Gasteiger partial charge in [-0.1, -0.05) is 25.5 Å². The number of allylic oxidation sites excluding steroid dienone is 2. The Bertz CT molecular complexity index is 646. The molecule has 2 heterocycles. The van der Waals surface area contributed by atoms with Crippen LogP contribution in [-0.2, 0) is 17.8 Å². The molecule has 3 rings (SSSR count). The number of carbonyl (C=O) groups excluding carboxylic acids is 1. The number of nitrogens with zero attached hydrogens (tertiary/aromatic N) is 3.